The van der Waals surface area contributed by atoms with Gasteiger partial charge >= 0.3 is 5.97 Å². The van der Waals surface area contributed by atoms with Crippen LogP contribution in [0.5, 0.6) is 0 Å². The number of carboxylic acid groups (broad SMARTS) is 1. The highest BCUT2D eigenvalue weighted by molar-refractivity contribution is 5.87. The number of benzene rings is 1. The normalized spacial score (nSPS) is 22.5. The second-order valence-corrected chi connectivity index (χ2v) is 6.51. The van der Waals surface area contributed by atoms with Crippen molar-refractivity contribution in [3.8, 4) is 0 Å². The maximum absolute atomic E-state index is 11.8. The molecule has 1 aromatic heterocycles. The summed E-state index contributed by atoms with van der Waals surface area (Å²) in [4.78, 5) is 11.8. The van der Waals surface area contributed by atoms with Crippen molar-refractivity contribution >= 4 is 16.9 Å². The molecule has 0 radical (unpaired) electrons. The first-order valence-corrected chi connectivity index (χ1v) is 8.40. The highest BCUT2D eigenvalue weighted by Gasteiger charge is 2.46. The molecule has 1 heterocycles. The zero-order valence-corrected chi connectivity index (χ0v) is 13.7. The average molecular weight is 299 g/mol. The number of hydrogen-bond donors (Lipinski definition) is 1. The van der Waals surface area contributed by atoms with E-state index in [9.17, 15) is 9.90 Å². The van der Waals surface area contributed by atoms with Gasteiger partial charge in [0.25, 0.3) is 0 Å². The lowest BCUT2D eigenvalue weighted by Crippen LogP contribution is -2.42. The van der Waals surface area contributed by atoms with Gasteiger partial charge in [0.15, 0.2) is 0 Å². The number of aromatic nitrogens is 1. The molecule has 3 heteroatoms. The Morgan fingerprint density at radius 2 is 2.09 bits per heavy atom. The molecule has 0 saturated carbocycles. The number of hydrogen-bond acceptors (Lipinski definition) is 1. The van der Waals surface area contributed by atoms with E-state index >= 15 is 0 Å². The number of carbonyl (C=O) groups is 1. The van der Waals surface area contributed by atoms with E-state index in [4.69, 9.17) is 0 Å². The standard InChI is InChI=1S/C19H25NO2/c1-4-19(13(3)18(21)22)12-8-10-15-14-9-6-7-11-16(14)20(5-2)17(15)19/h6-7,9,11,13H,4-5,8,10,12H2,1-3H3,(H,21,22). The Bertz CT molecular complexity index is 683. The average Bonchev–Trinajstić information content (AvgIpc) is 2.88. The first-order chi connectivity index (χ1) is 10.6. The maximum atomic E-state index is 11.8. The minimum atomic E-state index is -0.678. The topological polar surface area (TPSA) is 42.2 Å². The van der Waals surface area contributed by atoms with Crippen LogP contribution < -0.4 is 0 Å². The molecule has 2 unspecified atom stereocenters. The summed E-state index contributed by atoms with van der Waals surface area (Å²) < 4.78 is 2.37. The summed E-state index contributed by atoms with van der Waals surface area (Å²) in [6, 6.07) is 8.53. The third-order valence-corrected chi connectivity index (χ3v) is 5.74. The molecule has 3 rings (SSSR count). The zero-order valence-electron chi connectivity index (χ0n) is 13.7. The summed E-state index contributed by atoms with van der Waals surface area (Å²) in [5.41, 5.74) is 3.69. The van der Waals surface area contributed by atoms with Crippen LogP contribution in [-0.4, -0.2) is 15.6 Å². The molecule has 0 aliphatic heterocycles. The Morgan fingerprint density at radius 1 is 1.36 bits per heavy atom. The largest absolute Gasteiger partial charge is 0.481 e. The summed E-state index contributed by atoms with van der Waals surface area (Å²) in [5, 5.41) is 11.0. The Hall–Kier alpha value is -1.77. The minimum Gasteiger partial charge on any atom is -0.481 e. The Kier molecular flexibility index (Phi) is 3.75. The van der Waals surface area contributed by atoms with Crippen molar-refractivity contribution < 1.29 is 9.90 Å². The minimum absolute atomic E-state index is 0.242. The van der Waals surface area contributed by atoms with Gasteiger partial charge in [0.05, 0.1) is 5.92 Å². The van der Waals surface area contributed by atoms with E-state index in [-0.39, 0.29) is 11.3 Å². The van der Waals surface area contributed by atoms with E-state index in [1.807, 2.05) is 6.92 Å². The van der Waals surface area contributed by atoms with Gasteiger partial charge < -0.3 is 9.67 Å². The second-order valence-electron chi connectivity index (χ2n) is 6.51. The highest BCUT2D eigenvalue weighted by atomic mass is 16.4. The maximum Gasteiger partial charge on any atom is 0.307 e. The van der Waals surface area contributed by atoms with Crippen molar-refractivity contribution in [2.75, 3.05) is 0 Å². The van der Waals surface area contributed by atoms with E-state index in [1.54, 1.807) is 0 Å². The first kappa shape index (κ1) is 15.1. The summed E-state index contributed by atoms with van der Waals surface area (Å²) in [6.45, 7) is 7.09. The lowest BCUT2D eigenvalue weighted by atomic mass is 9.64. The van der Waals surface area contributed by atoms with Gasteiger partial charge in [-0.3, -0.25) is 4.79 Å². The van der Waals surface area contributed by atoms with Crippen molar-refractivity contribution in [3.63, 3.8) is 0 Å². The van der Waals surface area contributed by atoms with E-state index in [1.165, 1.54) is 22.2 Å². The van der Waals surface area contributed by atoms with E-state index < -0.39 is 5.97 Å². The van der Waals surface area contributed by atoms with E-state index in [0.717, 1.165) is 32.2 Å². The number of rotatable bonds is 4. The Morgan fingerprint density at radius 3 is 2.73 bits per heavy atom. The van der Waals surface area contributed by atoms with Gasteiger partial charge in [0.2, 0.25) is 0 Å². The van der Waals surface area contributed by atoms with Crippen molar-refractivity contribution in [2.45, 2.75) is 58.4 Å². The van der Waals surface area contributed by atoms with Gasteiger partial charge in [-0.2, -0.15) is 0 Å². The highest BCUT2D eigenvalue weighted by Crippen LogP contribution is 2.48. The fraction of sp³-hybridized carbons (Fsp3) is 0.526. The quantitative estimate of drug-likeness (QED) is 0.911. The van der Waals surface area contributed by atoms with Gasteiger partial charge in [-0.05, 0) is 44.2 Å². The molecule has 0 bridgehead atoms. The molecule has 1 aromatic carbocycles. The van der Waals surface area contributed by atoms with Gasteiger partial charge in [-0.15, -0.1) is 0 Å². The molecule has 2 aromatic rings. The van der Waals surface area contributed by atoms with Crippen LogP contribution in [0.2, 0.25) is 0 Å². The second kappa shape index (κ2) is 5.45. The first-order valence-electron chi connectivity index (χ1n) is 8.40. The Balaban J connectivity index is 2.35. The zero-order chi connectivity index (χ0) is 15.9. The van der Waals surface area contributed by atoms with Gasteiger partial charge in [-0.1, -0.05) is 32.0 Å². The molecule has 0 saturated heterocycles. The van der Waals surface area contributed by atoms with Crippen LogP contribution in [0.15, 0.2) is 24.3 Å². The van der Waals surface area contributed by atoms with Crippen LogP contribution in [0.4, 0.5) is 0 Å². The number of aliphatic carboxylic acids is 1. The summed E-state index contributed by atoms with van der Waals surface area (Å²) in [5.74, 6) is -1.03. The summed E-state index contributed by atoms with van der Waals surface area (Å²) >= 11 is 0. The van der Waals surface area contributed by atoms with Gasteiger partial charge in [0.1, 0.15) is 0 Å². The van der Waals surface area contributed by atoms with E-state index in [2.05, 4.69) is 42.7 Å². The van der Waals surface area contributed by atoms with Gasteiger partial charge in [-0.25, -0.2) is 0 Å². The van der Waals surface area contributed by atoms with Gasteiger partial charge in [0, 0.05) is 28.6 Å². The third kappa shape index (κ3) is 1.91. The molecule has 22 heavy (non-hydrogen) atoms. The van der Waals surface area contributed by atoms with Crippen molar-refractivity contribution in [3.05, 3.63) is 35.5 Å². The third-order valence-electron chi connectivity index (χ3n) is 5.74. The van der Waals surface area contributed by atoms with Crippen LogP contribution in [0.1, 0.15) is 51.3 Å². The molecule has 0 spiro atoms. The van der Waals surface area contributed by atoms with Crippen LogP contribution in [-0.2, 0) is 23.2 Å². The number of nitrogens with zero attached hydrogens (tertiary/aromatic N) is 1. The summed E-state index contributed by atoms with van der Waals surface area (Å²) in [6.07, 6.45) is 4.00. The molecule has 0 amide bonds. The van der Waals surface area contributed by atoms with Crippen LogP contribution in [0, 0.1) is 5.92 Å². The predicted octanol–water partition coefficient (Wildman–Crippen LogP) is 4.37. The van der Waals surface area contributed by atoms with Crippen molar-refractivity contribution in [2.24, 2.45) is 5.92 Å². The van der Waals surface area contributed by atoms with Crippen LogP contribution >= 0.6 is 0 Å². The molecule has 118 valence electrons. The van der Waals surface area contributed by atoms with Crippen molar-refractivity contribution in [1.82, 2.24) is 4.57 Å². The molecule has 1 N–H and O–H groups in total. The van der Waals surface area contributed by atoms with E-state index in [0.29, 0.717) is 0 Å². The Labute approximate surface area is 131 Å². The predicted molar refractivity (Wildman–Crippen MR) is 89.3 cm³/mol. The lowest BCUT2D eigenvalue weighted by Gasteiger charge is -2.41. The fourth-order valence-corrected chi connectivity index (χ4v) is 4.53. The SMILES string of the molecule is CCn1c2c(c3ccccc31)CCCC2(CC)C(C)C(=O)O. The lowest BCUT2D eigenvalue weighted by molar-refractivity contribution is -0.144. The molecular formula is C19H25NO2. The monoisotopic (exact) mass is 299 g/mol. The van der Waals surface area contributed by atoms with Crippen LogP contribution in [0.3, 0.4) is 0 Å². The smallest absolute Gasteiger partial charge is 0.307 e. The summed E-state index contributed by atoms with van der Waals surface area (Å²) in [7, 11) is 0. The number of para-hydroxylation sites is 1. The number of carboxylic acids is 1. The molecule has 1 aliphatic carbocycles. The fourth-order valence-electron chi connectivity index (χ4n) is 4.53. The molecular weight excluding hydrogens is 274 g/mol. The van der Waals surface area contributed by atoms with Crippen LogP contribution in [0.25, 0.3) is 10.9 Å². The molecule has 3 nitrogen and oxygen atoms in total. The number of aryl methyl sites for hydroxylation is 2. The molecule has 1 aliphatic rings. The molecule has 0 fully saturated rings. The van der Waals surface area contributed by atoms with Crippen molar-refractivity contribution in [1.29, 1.82) is 0 Å². The molecule has 2 atom stereocenters. The number of fused-ring (bicyclic) bond motifs is 3.